The first-order valence-electron chi connectivity index (χ1n) is 4.92. The topological polar surface area (TPSA) is 83.6 Å². The second-order valence-electron chi connectivity index (χ2n) is 3.61. The van der Waals surface area contributed by atoms with E-state index < -0.39 is 16.1 Å². The van der Waals surface area contributed by atoms with Crippen LogP contribution in [0.5, 0.6) is 0 Å². The summed E-state index contributed by atoms with van der Waals surface area (Å²) >= 11 is 0. The molecule has 0 aromatic carbocycles. The first-order valence-corrected chi connectivity index (χ1v) is 6.53. The Balaban J connectivity index is 2.53. The lowest BCUT2D eigenvalue weighted by Crippen LogP contribution is -2.43. The number of nitrogens with two attached hydrogens (primary N) is 1. The quantitative estimate of drug-likeness (QED) is 0.647. The molecule has 0 bridgehead atoms. The summed E-state index contributed by atoms with van der Waals surface area (Å²) in [5, 5.41) is 9.34. The van der Waals surface area contributed by atoms with Gasteiger partial charge in [-0.2, -0.15) is 4.31 Å². The molecular weight excluding hydrogens is 204 g/mol. The molecular formula is C8H18N2O3S. The smallest absolute Gasteiger partial charge is 0.214 e. The average Bonchev–Trinajstić information content (AvgIpc) is 2.15. The van der Waals surface area contributed by atoms with Gasteiger partial charge in [-0.05, 0) is 25.8 Å². The maximum Gasteiger partial charge on any atom is 0.214 e. The van der Waals surface area contributed by atoms with E-state index in [-0.39, 0.29) is 12.3 Å². The van der Waals surface area contributed by atoms with Crippen molar-refractivity contribution in [2.45, 2.75) is 25.4 Å². The van der Waals surface area contributed by atoms with Crippen molar-refractivity contribution in [3.63, 3.8) is 0 Å². The highest BCUT2D eigenvalue weighted by atomic mass is 32.2. The third-order valence-electron chi connectivity index (χ3n) is 2.36. The second kappa shape index (κ2) is 5.06. The van der Waals surface area contributed by atoms with Gasteiger partial charge in [0.1, 0.15) is 0 Å². The molecule has 0 radical (unpaired) electrons. The third-order valence-corrected chi connectivity index (χ3v) is 4.28. The van der Waals surface area contributed by atoms with Gasteiger partial charge in [0.15, 0.2) is 0 Å². The van der Waals surface area contributed by atoms with Gasteiger partial charge in [0.25, 0.3) is 0 Å². The zero-order valence-corrected chi connectivity index (χ0v) is 9.04. The molecule has 0 spiro atoms. The van der Waals surface area contributed by atoms with Crippen LogP contribution in [0, 0.1) is 0 Å². The number of aliphatic hydroxyl groups excluding tert-OH is 1. The molecule has 0 aromatic heterocycles. The van der Waals surface area contributed by atoms with Gasteiger partial charge in [-0.1, -0.05) is 0 Å². The van der Waals surface area contributed by atoms with Crippen molar-refractivity contribution in [2.24, 2.45) is 5.73 Å². The Bertz CT molecular complexity index is 266. The van der Waals surface area contributed by atoms with E-state index >= 15 is 0 Å². The van der Waals surface area contributed by atoms with Crippen molar-refractivity contribution >= 4 is 10.0 Å². The van der Waals surface area contributed by atoms with E-state index in [1.165, 1.54) is 4.31 Å². The highest BCUT2D eigenvalue weighted by molar-refractivity contribution is 7.89. The Kier molecular flexibility index (Phi) is 4.31. The largest absolute Gasteiger partial charge is 0.392 e. The summed E-state index contributed by atoms with van der Waals surface area (Å²) in [7, 11) is -3.19. The molecule has 0 amide bonds. The van der Waals surface area contributed by atoms with Crippen LogP contribution in [0.3, 0.4) is 0 Å². The van der Waals surface area contributed by atoms with Gasteiger partial charge in [-0.25, -0.2) is 8.42 Å². The Labute approximate surface area is 84.9 Å². The highest BCUT2D eigenvalue weighted by Crippen LogP contribution is 2.14. The van der Waals surface area contributed by atoms with Crippen molar-refractivity contribution in [3.8, 4) is 0 Å². The molecule has 1 aliphatic heterocycles. The van der Waals surface area contributed by atoms with E-state index in [0.717, 1.165) is 6.42 Å². The fraction of sp³-hybridized carbons (Fsp3) is 1.00. The van der Waals surface area contributed by atoms with Crippen molar-refractivity contribution < 1.29 is 13.5 Å². The summed E-state index contributed by atoms with van der Waals surface area (Å²) in [4.78, 5) is 0. The summed E-state index contributed by atoms with van der Waals surface area (Å²) in [5.74, 6) is 0.0935. The van der Waals surface area contributed by atoms with Crippen LogP contribution in [0.4, 0.5) is 0 Å². The van der Waals surface area contributed by atoms with Gasteiger partial charge in [-0.3, -0.25) is 0 Å². The number of nitrogens with zero attached hydrogens (tertiary/aromatic N) is 1. The van der Waals surface area contributed by atoms with Gasteiger partial charge < -0.3 is 10.8 Å². The first kappa shape index (κ1) is 11.9. The molecule has 0 aromatic rings. The number of piperidine rings is 1. The number of aliphatic hydroxyl groups is 1. The maximum absolute atomic E-state index is 11.6. The number of hydrogen-bond acceptors (Lipinski definition) is 4. The monoisotopic (exact) mass is 222 g/mol. The van der Waals surface area contributed by atoms with Gasteiger partial charge in [0.05, 0.1) is 11.9 Å². The van der Waals surface area contributed by atoms with E-state index in [4.69, 9.17) is 5.73 Å². The molecule has 6 heteroatoms. The average molecular weight is 222 g/mol. The molecule has 84 valence electrons. The Morgan fingerprint density at radius 2 is 2.21 bits per heavy atom. The standard InChI is InChI=1S/C8H18N2O3S/c9-4-2-6-14(12,13)10-5-1-3-8(11)7-10/h8,11H,1-7,9H2. The van der Waals surface area contributed by atoms with Crippen molar-refractivity contribution in [3.05, 3.63) is 0 Å². The molecule has 1 unspecified atom stereocenters. The lowest BCUT2D eigenvalue weighted by Gasteiger charge is -2.29. The zero-order chi connectivity index (χ0) is 10.6. The summed E-state index contributed by atoms with van der Waals surface area (Å²) in [5.41, 5.74) is 5.26. The summed E-state index contributed by atoms with van der Waals surface area (Å²) in [6.45, 7) is 1.16. The van der Waals surface area contributed by atoms with Crippen LogP contribution < -0.4 is 5.73 Å². The van der Waals surface area contributed by atoms with E-state index in [1.54, 1.807) is 0 Å². The van der Waals surface area contributed by atoms with Crippen molar-refractivity contribution in [1.82, 2.24) is 4.31 Å². The number of rotatable bonds is 4. The van der Waals surface area contributed by atoms with Crippen LogP contribution in [-0.2, 0) is 10.0 Å². The normalized spacial score (nSPS) is 25.1. The molecule has 1 heterocycles. The molecule has 1 rings (SSSR count). The summed E-state index contributed by atoms with van der Waals surface area (Å²) in [6.07, 6.45) is 1.41. The first-order chi connectivity index (χ1) is 6.56. The SMILES string of the molecule is NCCCS(=O)(=O)N1CCCC(O)C1. The molecule has 1 fully saturated rings. The van der Waals surface area contributed by atoms with Crippen LogP contribution in [0.2, 0.25) is 0 Å². The number of hydrogen-bond donors (Lipinski definition) is 2. The van der Waals surface area contributed by atoms with Gasteiger partial charge in [-0.15, -0.1) is 0 Å². The molecule has 0 saturated carbocycles. The summed E-state index contributed by atoms with van der Waals surface area (Å²) in [6, 6.07) is 0. The number of sulfonamides is 1. The Morgan fingerprint density at radius 3 is 2.79 bits per heavy atom. The molecule has 1 aliphatic rings. The lowest BCUT2D eigenvalue weighted by molar-refractivity contribution is 0.108. The number of β-amino-alcohol motifs (C(OH)–C–C–N with tert-alkyl or cyclic N) is 1. The maximum atomic E-state index is 11.6. The molecule has 3 N–H and O–H groups in total. The predicted octanol–water partition coefficient (Wildman–Crippen LogP) is -0.878. The van der Waals surface area contributed by atoms with Gasteiger partial charge in [0, 0.05) is 13.1 Å². The van der Waals surface area contributed by atoms with E-state index in [1.807, 2.05) is 0 Å². The van der Waals surface area contributed by atoms with Crippen molar-refractivity contribution in [2.75, 3.05) is 25.4 Å². The fourth-order valence-corrected chi connectivity index (χ4v) is 3.16. The zero-order valence-electron chi connectivity index (χ0n) is 8.22. The van der Waals surface area contributed by atoms with Crippen LogP contribution in [0.25, 0.3) is 0 Å². The van der Waals surface area contributed by atoms with E-state index in [2.05, 4.69) is 0 Å². The lowest BCUT2D eigenvalue weighted by atomic mass is 10.1. The molecule has 5 nitrogen and oxygen atoms in total. The minimum absolute atomic E-state index is 0.0935. The Hall–Kier alpha value is -0.170. The van der Waals surface area contributed by atoms with E-state index in [9.17, 15) is 13.5 Å². The predicted molar refractivity (Wildman–Crippen MR) is 54.3 cm³/mol. The van der Waals surface area contributed by atoms with Gasteiger partial charge in [0.2, 0.25) is 10.0 Å². The van der Waals surface area contributed by atoms with Crippen LogP contribution in [0.15, 0.2) is 0 Å². The minimum Gasteiger partial charge on any atom is -0.392 e. The van der Waals surface area contributed by atoms with Gasteiger partial charge >= 0.3 is 0 Å². The molecule has 0 aliphatic carbocycles. The third kappa shape index (κ3) is 3.20. The molecule has 1 atom stereocenters. The summed E-state index contributed by atoms with van der Waals surface area (Å²) < 4.78 is 24.7. The minimum atomic E-state index is -3.19. The van der Waals surface area contributed by atoms with E-state index in [0.29, 0.717) is 25.9 Å². The molecule has 1 saturated heterocycles. The second-order valence-corrected chi connectivity index (χ2v) is 5.70. The van der Waals surface area contributed by atoms with Crippen LogP contribution in [-0.4, -0.2) is 49.3 Å². The van der Waals surface area contributed by atoms with Crippen molar-refractivity contribution in [1.29, 1.82) is 0 Å². The van der Waals surface area contributed by atoms with Crippen LogP contribution >= 0.6 is 0 Å². The fourth-order valence-electron chi connectivity index (χ4n) is 1.57. The Morgan fingerprint density at radius 1 is 1.50 bits per heavy atom. The highest BCUT2D eigenvalue weighted by Gasteiger charge is 2.27. The van der Waals surface area contributed by atoms with Crippen LogP contribution in [0.1, 0.15) is 19.3 Å². The molecule has 14 heavy (non-hydrogen) atoms.